The Morgan fingerprint density at radius 1 is 0.714 bits per heavy atom. The van der Waals surface area contributed by atoms with Crippen molar-refractivity contribution in [3.8, 4) is 11.5 Å². The van der Waals surface area contributed by atoms with Gasteiger partial charge in [0.2, 0.25) is 0 Å². The van der Waals surface area contributed by atoms with Gasteiger partial charge < -0.3 is 10.2 Å². The average Bonchev–Trinajstić information content (AvgIpc) is 2.46. The van der Waals surface area contributed by atoms with Crippen molar-refractivity contribution < 1.29 is 29.7 Å². The van der Waals surface area contributed by atoms with Crippen molar-refractivity contribution in [1.29, 1.82) is 0 Å². The minimum Gasteiger partial charge on any atom is -0.507 e. The van der Waals surface area contributed by atoms with E-state index < -0.39 is 0 Å². The van der Waals surface area contributed by atoms with E-state index in [1.165, 1.54) is 0 Å². The van der Waals surface area contributed by atoms with E-state index in [9.17, 15) is 10.2 Å². The number of aromatic hydroxyl groups is 2. The summed E-state index contributed by atoms with van der Waals surface area (Å²) in [6.07, 6.45) is 3.26. The van der Waals surface area contributed by atoms with Gasteiger partial charge in [0.25, 0.3) is 0 Å². The Labute approximate surface area is 136 Å². The third kappa shape index (κ3) is 5.48. The van der Waals surface area contributed by atoms with Gasteiger partial charge in [-0.05, 0) is 24.3 Å². The van der Waals surface area contributed by atoms with Gasteiger partial charge >= 0.3 is 0 Å². The predicted octanol–water partition coefficient (Wildman–Crippen LogP) is 2.63. The fourth-order valence-electron chi connectivity index (χ4n) is 1.63. The number of para-hydroxylation sites is 2. The van der Waals surface area contributed by atoms with Crippen molar-refractivity contribution in [1.82, 2.24) is 0 Å². The fourth-order valence-corrected chi connectivity index (χ4v) is 1.63. The Morgan fingerprint density at radius 2 is 1.10 bits per heavy atom. The van der Waals surface area contributed by atoms with E-state index in [1.54, 1.807) is 48.8 Å². The quantitative estimate of drug-likeness (QED) is 0.502. The van der Waals surface area contributed by atoms with E-state index in [4.69, 9.17) is 0 Å². The van der Waals surface area contributed by atoms with Crippen molar-refractivity contribution in [3.63, 3.8) is 0 Å². The van der Waals surface area contributed by atoms with E-state index >= 15 is 0 Å². The largest absolute Gasteiger partial charge is 0.507 e. The van der Waals surface area contributed by atoms with Crippen LogP contribution in [-0.4, -0.2) is 35.7 Å². The summed E-state index contributed by atoms with van der Waals surface area (Å²) in [4.78, 5) is 8.39. The summed E-state index contributed by atoms with van der Waals surface area (Å²) in [5.41, 5.74) is 1.38. The number of phenols is 2. The second-order valence-electron chi connectivity index (χ2n) is 4.19. The molecule has 21 heavy (non-hydrogen) atoms. The molecule has 0 aliphatic carbocycles. The van der Waals surface area contributed by atoms with Gasteiger partial charge in [0.15, 0.2) is 0 Å². The first-order chi connectivity index (χ1) is 9.77. The van der Waals surface area contributed by atoms with E-state index in [0.29, 0.717) is 24.2 Å². The van der Waals surface area contributed by atoms with Gasteiger partial charge in [-0.2, -0.15) is 0 Å². The molecule has 4 nitrogen and oxygen atoms in total. The number of benzene rings is 2. The zero-order chi connectivity index (χ0) is 14.2. The molecule has 0 aliphatic heterocycles. The molecule has 0 atom stereocenters. The molecule has 5 heteroatoms. The van der Waals surface area contributed by atoms with Gasteiger partial charge in [-0.15, -0.1) is 0 Å². The Morgan fingerprint density at radius 3 is 1.48 bits per heavy atom. The molecule has 2 aromatic rings. The molecular weight excluding hydrogens is 318 g/mol. The third-order valence-electron chi connectivity index (χ3n) is 2.69. The second-order valence-corrected chi connectivity index (χ2v) is 4.19. The third-order valence-corrected chi connectivity index (χ3v) is 2.69. The zero-order valence-corrected chi connectivity index (χ0v) is 14.7. The van der Waals surface area contributed by atoms with Crippen molar-refractivity contribution in [2.24, 2.45) is 9.98 Å². The molecule has 0 bridgehead atoms. The van der Waals surface area contributed by atoms with Crippen molar-refractivity contribution in [3.05, 3.63) is 59.7 Å². The predicted molar refractivity (Wildman–Crippen MR) is 81.1 cm³/mol. The monoisotopic (exact) mass is 332 g/mol. The van der Waals surface area contributed by atoms with Gasteiger partial charge in [0.1, 0.15) is 11.5 Å². The smallest absolute Gasteiger partial charge is 0.124 e. The summed E-state index contributed by atoms with van der Waals surface area (Å²) in [5.74, 6) is 0.433. The second kappa shape index (κ2) is 9.03. The minimum absolute atomic E-state index is 0. The topological polar surface area (TPSA) is 65.2 Å². The van der Waals surface area contributed by atoms with Crippen LogP contribution in [0.15, 0.2) is 58.5 Å². The van der Waals surface area contributed by atoms with Crippen LogP contribution in [0.5, 0.6) is 11.5 Å². The SMILES string of the molecule is Oc1ccccc1/C=N/CC/N=C/c1ccccc1O.[Zn]. The molecule has 0 aliphatic rings. The van der Waals surface area contributed by atoms with Gasteiger partial charge in [0, 0.05) is 43.0 Å². The van der Waals surface area contributed by atoms with E-state index in [1.807, 2.05) is 12.1 Å². The first-order valence-electron chi connectivity index (χ1n) is 6.33. The van der Waals surface area contributed by atoms with Crippen LogP contribution in [0.4, 0.5) is 0 Å². The van der Waals surface area contributed by atoms with E-state index in [-0.39, 0.29) is 31.0 Å². The van der Waals surface area contributed by atoms with Crippen molar-refractivity contribution >= 4 is 12.4 Å². The Bertz CT molecular complexity index is 572. The maximum atomic E-state index is 9.54. The number of hydrogen-bond acceptors (Lipinski definition) is 4. The number of aliphatic imine (C=N–C) groups is 2. The van der Waals surface area contributed by atoms with Crippen LogP contribution in [0.2, 0.25) is 0 Å². The molecule has 0 aromatic heterocycles. The summed E-state index contributed by atoms with van der Waals surface area (Å²) < 4.78 is 0. The summed E-state index contributed by atoms with van der Waals surface area (Å²) in [6, 6.07) is 14.1. The maximum absolute atomic E-state index is 9.54. The van der Waals surface area contributed by atoms with Gasteiger partial charge in [-0.25, -0.2) is 0 Å². The molecule has 2 N–H and O–H groups in total. The summed E-state index contributed by atoms with van der Waals surface area (Å²) in [6.45, 7) is 1.05. The van der Waals surface area contributed by atoms with Crippen LogP contribution in [0, 0.1) is 0 Å². The van der Waals surface area contributed by atoms with Crippen molar-refractivity contribution in [2.45, 2.75) is 0 Å². The first kappa shape index (κ1) is 17.1. The number of phenolic OH excluding ortho intramolecular Hbond substituents is 2. The Balaban J connectivity index is 0.00000220. The molecule has 0 unspecified atom stereocenters. The van der Waals surface area contributed by atoms with Crippen LogP contribution in [-0.2, 0) is 19.5 Å². The molecule has 0 heterocycles. The zero-order valence-electron chi connectivity index (χ0n) is 11.7. The number of rotatable bonds is 5. The Kier molecular flexibility index (Phi) is 7.34. The molecule has 0 amide bonds. The van der Waals surface area contributed by atoms with E-state index in [0.717, 1.165) is 0 Å². The molecule has 0 radical (unpaired) electrons. The molecular formula is C16H16N2O2Zn. The summed E-state index contributed by atoms with van der Waals surface area (Å²) in [7, 11) is 0. The molecule has 104 valence electrons. The summed E-state index contributed by atoms with van der Waals surface area (Å²) >= 11 is 0. The van der Waals surface area contributed by atoms with Crippen LogP contribution < -0.4 is 0 Å². The number of hydrogen-bond donors (Lipinski definition) is 2. The van der Waals surface area contributed by atoms with Gasteiger partial charge in [-0.3, -0.25) is 9.98 Å². The average molecular weight is 334 g/mol. The standard InChI is InChI=1S/C16H16N2O2.Zn/c19-15-7-3-1-5-13(15)11-17-9-10-18-12-14-6-2-4-8-16(14)20;/h1-8,11-12,19-20H,9-10H2;/b17-11+,18-12+;. The first-order valence-corrected chi connectivity index (χ1v) is 6.33. The number of nitrogens with zero attached hydrogens (tertiary/aromatic N) is 2. The molecule has 2 aromatic carbocycles. The minimum atomic E-state index is 0. The fraction of sp³-hybridized carbons (Fsp3) is 0.125. The van der Waals surface area contributed by atoms with Gasteiger partial charge in [-0.1, -0.05) is 24.3 Å². The van der Waals surface area contributed by atoms with E-state index in [2.05, 4.69) is 9.98 Å². The molecule has 2 rings (SSSR count). The van der Waals surface area contributed by atoms with Crippen LogP contribution in [0.25, 0.3) is 0 Å². The van der Waals surface area contributed by atoms with Crippen LogP contribution in [0.1, 0.15) is 11.1 Å². The maximum Gasteiger partial charge on any atom is 0.124 e. The summed E-state index contributed by atoms with van der Waals surface area (Å²) in [5, 5.41) is 19.1. The van der Waals surface area contributed by atoms with Crippen LogP contribution >= 0.6 is 0 Å². The Hall–Kier alpha value is -2.00. The molecule has 0 fully saturated rings. The molecule has 0 saturated carbocycles. The van der Waals surface area contributed by atoms with Crippen LogP contribution in [0.3, 0.4) is 0 Å². The van der Waals surface area contributed by atoms with Crippen molar-refractivity contribution in [2.75, 3.05) is 13.1 Å². The van der Waals surface area contributed by atoms with Gasteiger partial charge in [0.05, 0.1) is 13.1 Å². The molecule has 0 saturated heterocycles. The normalized spacial score (nSPS) is 10.9. The molecule has 0 spiro atoms.